The van der Waals surface area contributed by atoms with Crippen LogP contribution >= 0.6 is 0 Å². The van der Waals surface area contributed by atoms with Crippen LogP contribution < -0.4 is 4.74 Å². The summed E-state index contributed by atoms with van der Waals surface area (Å²) in [5.41, 5.74) is 1.43. The molecule has 2 heterocycles. The maximum Gasteiger partial charge on any atom is 0.156 e. The number of hydrogen-bond donors (Lipinski definition) is 1. The minimum atomic E-state index is -0.983. The van der Waals surface area contributed by atoms with Crippen LogP contribution in [-0.4, -0.2) is 22.8 Å². The highest BCUT2D eigenvalue weighted by Crippen LogP contribution is 2.37. The molecule has 0 saturated heterocycles. The first kappa shape index (κ1) is 14.6. The van der Waals surface area contributed by atoms with Gasteiger partial charge >= 0.3 is 0 Å². The highest BCUT2D eigenvalue weighted by atomic mass is 16.5. The fraction of sp³-hybridized carbons (Fsp3) is 0.278. The van der Waals surface area contributed by atoms with Gasteiger partial charge in [0.05, 0.1) is 30.6 Å². The maximum absolute atomic E-state index is 10.7. The molecule has 0 spiro atoms. The smallest absolute Gasteiger partial charge is 0.156 e. The molecule has 0 aliphatic heterocycles. The lowest BCUT2D eigenvalue weighted by Gasteiger charge is -2.29. The quantitative estimate of drug-likeness (QED) is 0.797. The molecule has 22 heavy (non-hydrogen) atoms. The lowest BCUT2D eigenvalue weighted by atomic mass is 9.81. The van der Waals surface area contributed by atoms with Crippen LogP contribution in [0.5, 0.6) is 5.75 Å². The number of rotatable bonds is 4. The van der Waals surface area contributed by atoms with Gasteiger partial charge in [0.1, 0.15) is 5.75 Å². The van der Waals surface area contributed by atoms with Crippen molar-refractivity contribution in [2.45, 2.75) is 25.4 Å². The van der Waals surface area contributed by atoms with Gasteiger partial charge in [-0.25, -0.2) is 0 Å². The van der Waals surface area contributed by atoms with E-state index in [4.69, 9.17) is 9.15 Å². The maximum atomic E-state index is 10.7. The molecule has 4 heteroatoms. The van der Waals surface area contributed by atoms with E-state index in [9.17, 15) is 5.11 Å². The first-order valence-electron chi connectivity index (χ1n) is 7.19. The number of methoxy groups -OCH3 is 1. The summed E-state index contributed by atoms with van der Waals surface area (Å²) in [6.45, 7) is 3.57. The van der Waals surface area contributed by atoms with E-state index in [1.54, 1.807) is 33.4 Å². The second kappa shape index (κ2) is 5.46. The van der Waals surface area contributed by atoms with Crippen LogP contribution in [0.15, 0.2) is 53.3 Å². The summed E-state index contributed by atoms with van der Waals surface area (Å²) in [5.74, 6) is 0.482. The first-order valence-corrected chi connectivity index (χ1v) is 7.19. The Labute approximate surface area is 129 Å². The van der Waals surface area contributed by atoms with Crippen molar-refractivity contribution >= 4 is 11.0 Å². The number of aliphatic hydroxyl groups is 1. The monoisotopic (exact) mass is 297 g/mol. The van der Waals surface area contributed by atoms with Crippen molar-refractivity contribution < 1.29 is 14.3 Å². The summed E-state index contributed by atoms with van der Waals surface area (Å²) in [5, 5.41) is 11.7. The molecule has 3 aromatic rings. The highest BCUT2D eigenvalue weighted by Gasteiger charge is 2.33. The molecule has 2 aromatic heterocycles. The van der Waals surface area contributed by atoms with E-state index in [0.29, 0.717) is 5.58 Å². The van der Waals surface area contributed by atoms with Gasteiger partial charge in [-0.2, -0.15) is 0 Å². The number of hydrogen-bond acceptors (Lipinski definition) is 4. The third-order valence-corrected chi connectivity index (χ3v) is 3.83. The molecule has 1 unspecified atom stereocenters. The van der Waals surface area contributed by atoms with Crippen molar-refractivity contribution in [2.75, 3.05) is 7.11 Å². The number of aromatic nitrogens is 1. The highest BCUT2D eigenvalue weighted by molar-refractivity contribution is 5.79. The van der Waals surface area contributed by atoms with Crippen molar-refractivity contribution in [2.24, 2.45) is 0 Å². The minimum absolute atomic E-state index is 0.298. The average molecular weight is 297 g/mol. The molecule has 0 aliphatic carbocycles. The Balaban J connectivity index is 2.16. The topological polar surface area (TPSA) is 55.5 Å². The molecule has 1 atom stereocenters. The van der Waals surface area contributed by atoms with Crippen LogP contribution in [0.2, 0.25) is 0 Å². The molecule has 1 aromatic carbocycles. The molecule has 114 valence electrons. The van der Waals surface area contributed by atoms with Crippen LogP contribution in [0.4, 0.5) is 0 Å². The van der Waals surface area contributed by atoms with E-state index in [1.807, 2.05) is 36.4 Å². The van der Waals surface area contributed by atoms with Crippen molar-refractivity contribution in [3.05, 3.63) is 60.1 Å². The number of benzene rings is 1. The minimum Gasteiger partial charge on any atom is -0.497 e. The third-order valence-electron chi connectivity index (χ3n) is 3.83. The number of nitrogens with zero attached hydrogens (tertiary/aromatic N) is 1. The Morgan fingerprint density at radius 1 is 1.14 bits per heavy atom. The molecule has 0 fully saturated rings. The van der Waals surface area contributed by atoms with Crippen LogP contribution in [0.3, 0.4) is 0 Å². The van der Waals surface area contributed by atoms with Gasteiger partial charge in [0.2, 0.25) is 0 Å². The zero-order valence-corrected chi connectivity index (χ0v) is 12.9. The SMILES string of the molecule is COc1ccc(C(c2nccc3ccoc23)C(C)(C)O)cc1. The van der Waals surface area contributed by atoms with E-state index in [2.05, 4.69) is 4.98 Å². The summed E-state index contributed by atoms with van der Waals surface area (Å²) >= 11 is 0. The van der Waals surface area contributed by atoms with E-state index < -0.39 is 5.60 Å². The zero-order valence-electron chi connectivity index (χ0n) is 12.9. The Hall–Kier alpha value is -2.33. The van der Waals surface area contributed by atoms with Crippen molar-refractivity contribution in [1.82, 2.24) is 4.98 Å². The van der Waals surface area contributed by atoms with Crippen LogP contribution in [0.25, 0.3) is 11.0 Å². The van der Waals surface area contributed by atoms with E-state index in [0.717, 1.165) is 22.4 Å². The lowest BCUT2D eigenvalue weighted by Crippen LogP contribution is -2.30. The Morgan fingerprint density at radius 2 is 1.86 bits per heavy atom. The summed E-state index contributed by atoms with van der Waals surface area (Å²) in [7, 11) is 1.63. The van der Waals surface area contributed by atoms with E-state index in [1.165, 1.54) is 0 Å². The van der Waals surface area contributed by atoms with Gasteiger partial charge in [-0.15, -0.1) is 0 Å². The second-order valence-electron chi connectivity index (χ2n) is 5.89. The number of fused-ring (bicyclic) bond motifs is 1. The fourth-order valence-electron chi connectivity index (χ4n) is 2.82. The van der Waals surface area contributed by atoms with Gasteiger partial charge in [-0.05, 0) is 43.7 Å². The standard InChI is InChI=1S/C18H19NO3/c1-18(2,20)15(12-4-6-14(21-3)7-5-12)16-17-13(8-10-19-16)9-11-22-17/h4-11,15,20H,1-3H3. The lowest BCUT2D eigenvalue weighted by molar-refractivity contribution is 0.0616. The van der Waals surface area contributed by atoms with Crippen molar-refractivity contribution in [3.63, 3.8) is 0 Å². The van der Waals surface area contributed by atoms with Crippen LogP contribution in [-0.2, 0) is 0 Å². The predicted octanol–water partition coefficient (Wildman–Crippen LogP) is 3.74. The van der Waals surface area contributed by atoms with Crippen molar-refractivity contribution in [1.29, 1.82) is 0 Å². The van der Waals surface area contributed by atoms with Gasteiger partial charge in [0.25, 0.3) is 0 Å². The molecular formula is C18H19NO3. The summed E-state index contributed by atoms with van der Waals surface area (Å²) in [4.78, 5) is 4.48. The van der Waals surface area contributed by atoms with Gasteiger partial charge in [0, 0.05) is 11.6 Å². The van der Waals surface area contributed by atoms with Gasteiger partial charge < -0.3 is 14.3 Å². The van der Waals surface area contributed by atoms with E-state index in [-0.39, 0.29) is 5.92 Å². The van der Waals surface area contributed by atoms with Gasteiger partial charge in [0.15, 0.2) is 5.58 Å². The van der Waals surface area contributed by atoms with Crippen LogP contribution in [0.1, 0.15) is 31.0 Å². The largest absolute Gasteiger partial charge is 0.497 e. The van der Waals surface area contributed by atoms with Crippen LogP contribution in [0, 0.1) is 0 Å². The first-order chi connectivity index (χ1) is 10.5. The molecule has 1 N–H and O–H groups in total. The second-order valence-corrected chi connectivity index (χ2v) is 5.89. The fourth-order valence-corrected chi connectivity index (χ4v) is 2.82. The molecule has 3 rings (SSSR count). The van der Waals surface area contributed by atoms with Gasteiger partial charge in [-0.1, -0.05) is 12.1 Å². The molecular weight excluding hydrogens is 278 g/mol. The normalized spacial score (nSPS) is 13.3. The number of furan rings is 1. The van der Waals surface area contributed by atoms with Crippen molar-refractivity contribution in [3.8, 4) is 5.75 Å². The van der Waals surface area contributed by atoms with E-state index >= 15 is 0 Å². The zero-order chi connectivity index (χ0) is 15.7. The molecule has 0 amide bonds. The summed E-state index contributed by atoms with van der Waals surface area (Å²) in [6.07, 6.45) is 3.39. The Morgan fingerprint density at radius 3 is 2.50 bits per heavy atom. The molecule has 0 aliphatic rings. The number of ether oxygens (including phenoxy) is 1. The molecule has 0 bridgehead atoms. The molecule has 0 radical (unpaired) electrons. The average Bonchev–Trinajstić information content (AvgIpc) is 2.96. The third kappa shape index (κ3) is 2.57. The predicted molar refractivity (Wildman–Crippen MR) is 85.1 cm³/mol. The molecule has 0 saturated carbocycles. The summed E-state index contributed by atoms with van der Waals surface area (Å²) in [6, 6.07) is 11.5. The summed E-state index contributed by atoms with van der Waals surface area (Å²) < 4.78 is 10.8. The Bertz CT molecular complexity index is 769. The van der Waals surface area contributed by atoms with Gasteiger partial charge in [-0.3, -0.25) is 4.98 Å². The number of pyridine rings is 1. The Kier molecular flexibility index (Phi) is 3.62. The molecule has 4 nitrogen and oxygen atoms in total.